The Kier molecular flexibility index (Phi) is 11.7. The number of carboxylic acids is 1. The molecule has 0 aromatic carbocycles. The number of quaternary nitrogens is 1. The van der Waals surface area contributed by atoms with Crippen LogP contribution in [0, 0.1) is 0 Å². The van der Waals surface area contributed by atoms with Gasteiger partial charge in [-0.15, -0.1) is 0 Å². The topological polar surface area (TPSA) is 37.3 Å². The first-order chi connectivity index (χ1) is 10.1. The normalized spacial score (nSPS) is 13.3. The summed E-state index contributed by atoms with van der Waals surface area (Å²) >= 11 is 0. The van der Waals surface area contributed by atoms with E-state index in [9.17, 15) is 9.90 Å². The van der Waals surface area contributed by atoms with E-state index in [2.05, 4.69) is 27.7 Å². The molecule has 0 aliphatic carbocycles. The van der Waals surface area contributed by atoms with E-state index in [1.807, 2.05) is 0 Å². The zero-order chi connectivity index (χ0) is 16.1. The fraction of sp³-hybridized carbons (Fsp3) is 0.944. The Morgan fingerprint density at radius 1 is 0.810 bits per heavy atom. The van der Waals surface area contributed by atoms with Crippen LogP contribution in [0.15, 0.2) is 0 Å². The fourth-order valence-corrected chi connectivity index (χ4v) is 3.25. The van der Waals surface area contributed by atoms with Crippen LogP contribution in [0.2, 0.25) is 0 Å². The highest BCUT2D eigenvalue weighted by Gasteiger charge is 2.40. The molecule has 0 heterocycles. The van der Waals surface area contributed by atoms with Crippen LogP contribution in [-0.2, 0) is 4.79 Å². The molecular formula is C18H38NO2+. The summed E-state index contributed by atoms with van der Waals surface area (Å²) in [6.45, 7) is 11.9. The lowest BCUT2D eigenvalue weighted by molar-refractivity contribution is -0.944. The minimum atomic E-state index is -0.577. The first-order valence-electron chi connectivity index (χ1n) is 9.16. The van der Waals surface area contributed by atoms with E-state index in [4.69, 9.17) is 0 Å². The van der Waals surface area contributed by atoms with Crippen molar-refractivity contribution in [3.8, 4) is 0 Å². The van der Waals surface area contributed by atoms with Gasteiger partial charge in [-0.3, -0.25) is 0 Å². The van der Waals surface area contributed by atoms with Gasteiger partial charge in [0.05, 0.1) is 19.6 Å². The fourth-order valence-electron chi connectivity index (χ4n) is 3.25. The Morgan fingerprint density at radius 3 is 1.48 bits per heavy atom. The van der Waals surface area contributed by atoms with Gasteiger partial charge in [0.2, 0.25) is 0 Å². The van der Waals surface area contributed by atoms with Gasteiger partial charge >= 0.3 is 5.97 Å². The van der Waals surface area contributed by atoms with E-state index in [-0.39, 0.29) is 6.04 Å². The van der Waals surface area contributed by atoms with Crippen LogP contribution in [0.25, 0.3) is 0 Å². The van der Waals surface area contributed by atoms with Crippen LogP contribution in [0.5, 0.6) is 0 Å². The lowest BCUT2D eigenvalue weighted by Gasteiger charge is -2.43. The maximum atomic E-state index is 11.9. The Bertz CT molecular complexity index is 244. The van der Waals surface area contributed by atoms with Gasteiger partial charge in [-0.25, -0.2) is 4.79 Å². The number of unbranched alkanes of at least 4 members (excludes halogenated alkanes) is 4. The number of carboxylic acid groups (broad SMARTS) is 1. The van der Waals surface area contributed by atoms with Gasteiger partial charge in [0.15, 0.2) is 6.04 Å². The Morgan fingerprint density at radius 2 is 1.19 bits per heavy atom. The third kappa shape index (κ3) is 7.30. The minimum Gasteiger partial charge on any atom is -0.477 e. The van der Waals surface area contributed by atoms with Crippen LogP contribution in [0.1, 0.15) is 85.5 Å². The molecule has 0 spiro atoms. The smallest absolute Gasteiger partial charge is 0.362 e. The molecule has 0 fully saturated rings. The van der Waals surface area contributed by atoms with Crippen molar-refractivity contribution in [3.63, 3.8) is 0 Å². The van der Waals surface area contributed by atoms with Crippen LogP contribution in [0.4, 0.5) is 0 Å². The van der Waals surface area contributed by atoms with Crippen molar-refractivity contribution in [3.05, 3.63) is 0 Å². The molecule has 1 N–H and O–H groups in total. The van der Waals surface area contributed by atoms with E-state index < -0.39 is 5.97 Å². The first-order valence-corrected chi connectivity index (χ1v) is 9.16. The Balaban J connectivity index is 5.23. The zero-order valence-corrected chi connectivity index (χ0v) is 14.9. The lowest BCUT2D eigenvalue weighted by Crippen LogP contribution is -2.60. The molecule has 3 heteroatoms. The van der Waals surface area contributed by atoms with Crippen molar-refractivity contribution in [2.75, 3.05) is 19.6 Å². The maximum absolute atomic E-state index is 11.9. The average molecular weight is 301 g/mol. The van der Waals surface area contributed by atoms with Crippen molar-refractivity contribution < 1.29 is 14.4 Å². The second-order valence-electron chi connectivity index (χ2n) is 6.45. The number of rotatable bonds is 14. The van der Waals surface area contributed by atoms with Gasteiger partial charge in [0, 0.05) is 6.42 Å². The quantitative estimate of drug-likeness (QED) is 0.466. The summed E-state index contributed by atoms with van der Waals surface area (Å²) in [5.41, 5.74) is 0. The van der Waals surface area contributed by atoms with E-state index in [1.165, 1.54) is 0 Å². The maximum Gasteiger partial charge on any atom is 0.362 e. The molecule has 1 atom stereocenters. The molecule has 0 rings (SSSR count). The van der Waals surface area contributed by atoms with Crippen molar-refractivity contribution in [1.82, 2.24) is 0 Å². The van der Waals surface area contributed by atoms with Crippen LogP contribution < -0.4 is 0 Å². The highest BCUT2D eigenvalue weighted by molar-refractivity contribution is 5.72. The molecule has 0 bridgehead atoms. The van der Waals surface area contributed by atoms with Crippen molar-refractivity contribution in [2.45, 2.75) is 91.5 Å². The average Bonchev–Trinajstić information content (AvgIpc) is 2.48. The van der Waals surface area contributed by atoms with Crippen molar-refractivity contribution in [2.24, 2.45) is 0 Å². The van der Waals surface area contributed by atoms with Crippen molar-refractivity contribution in [1.29, 1.82) is 0 Å². The summed E-state index contributed by atoms with van der Waals surface area (Å²) in [6, 6.07) is -0.199. The number of hydrogen-bond acceptors (Lipinski definition) is 1. The van der Waals surface area contributed by atoms with Crippen molar-refractivity contribution >= 4 is 5.97 Å². The van der Waals surface area contributed by atoms with Gasteiger partial charge in [-0.1, -0.05) is 53.4 Å². The van der Waals surface area contributed by atoms with Gasteiger partial charge in [-0.2, -0.15) is 0 Å². The largest absolute Gasteiger partial charge is 0.477 e. The molecule has 0 aliphatic heterocycles. The molecule has 1 unspecified atom stereocenters. The summed E-state index contributed by atoms with van der Waals surface area (Å²) in [6.07, 6.45) is 9.83. The summed E-state index contributed by atoms with van der Waals surface area (Å²) in [5.74, 6) is -0.577. The predicted octanol–water partition coefficient (Wildman–Crippen LogP) is 4.85. The second-order valence-corrected chi connectivity index (χ2v) is 6.45. The molecule has 0 aromatic heterocycles. The van der Waals surface area contributed by atoms with Gasteiger partial charge in [0.1, 0.15) is 0 Å². The van der Waals surface area contributed by atoms with E-state index in [0.717, 1.165) is 81.9 Å². The summed E-state index contributed by atoms with van der Waals surface area (Å²) in [7, 11) is 0. The van der Waals surface area contributed by atoms with Gasteiger partial charge in [-0.05, 0) is 25.7 Å². The molecule has 126 valence electrons. The predicted molar refractivity (Wildman–Crippen MR) is 90.5 cm³/mol. The number of nitrogens with zero attached hydrogens (tertiary/aromatic N) is 1. The standard InChI is InChI=1S/C18H37NO2/c1-5-9-13-17(18(20)21)19(14-10-6-2,15-11-7-3)16-12-8-4/h17H,5-16H2,1-4H3/p+1. The summed E-state index contributed by atoms with van der Waals surface area (Å²) < 4.78 is 0.824. The SMILES string of the molecule is CCCCC(C(=O)O)[N+](CCCC)(CCCC)CCCC. The molecule has 0 radical (unpaired) electrons. The third-order valence-electron chi connectivity index (χ3n) is 4.65. The Hall–Kier alpha value is -0.570. The summed E-state index contributed by atoms with van der Waals surface area (Å²) in [5, 5.41) is 9.82. The molecule has 3 nitrogen and oxygen atoms in total. The number of carbonyl (C=O) groups is 1. The lowest BCUT2D eigenvalue weighted by atomic mass is 10.0. The Labute approximate surface area is 132 Å². The second kappa shape index (κ2) is 12.0. The summed E-state index contributed by atoms with van der Waals surface area (Å²) in [4.78, 5) is 11.9. The molecule has 0 aliphatic rings. The first kappa shape index (κ1) is 20.4. The van der Waals surface area contributed by atoms with E-state index in [0.29, 0.717) is 0 Å². The molecular weight excluding hydrogens is 262 g/mol. The molecule has 0 aromatic rings. The minimum absolute atomic E-state index is 0.199. The van der Waals surface area contributed by atoms with E-state index >= 15 is 0 Å². The van der Waals surface area contributed by atoms with Gasteiger partial charge in [0.25, 0.3) is 0 Å². The van der Waals surface area contributed by atoms with Crippen LogP contribution in [-0.4, -0.2) is 41.2 Å². The van der Waals surface area contributed by atoms with Gasteiger partial charge < -0.3 is 9.59 Å². The monoisotopic (exact) mass is 300 g/mol. The highest BCUT2D eigenvalue weighted by Crippen LogP contribution is 2.24. The van der Waals surface area contributed by atoms with Crippen LogP contribution >= 0.6 is 0 Å². The molecule has 0 saturated heterocycles. The van der Waals surface area contributed by atoms with E-state index in [1.54, 1.807) is 0 Å². The zero-order valence-electron chi connectivity index (χ0n) is 14.9. The number of hydrogen-bond donors (Lipinski definition) is 1. The molecule has 21 heavy (non-hydrogen) atoms. The number of aliphatic carboxylic acids is 1. The highest BCUT2D eigenvalue weighted by atomic mass is 16.4. The third-order valence-corrected chi connectivity index (χ3v) is 4.65. The van der Waals surface area contributed by atoms with Crippen LogP contribution in [0.3, 0.4) is 0 Å². The molecule has 0 amide bonds. The molecule has 0 saturated carbocycles.